The minimum atomic E-state index is -0.00744. The summed E-state index contributed by atoms with van der Waals surface area (Å²) < 4.78 is 0. The number of hydrogen-bond donors (Lipinski definition) is 1. The third-order valence-electron chi connectivity index (χ3n) is 2.37. The van der Waals surface area contributed by atoms with E-state index in [1.807, 2.05) is 0 Å². The number of piperidine rings is 1. The minimum Gasteiger partial charge on any atom is -0.312 e. The van der Waals surface area contributed by atoms with Crippen molar-refractivity contribution in [2.24, 2.45) is 10.9 Å². The van der Waals surface area contributed by atoms with Crippen molar-refractivity contribution in [3.05, 3.63) is 0 Å². The van der Waals surface area contributed by atoms with Gasteiger partial charge in [-0.2, -0.15) is 0 Å². The Hall–Kier alpha value is -0.700. The Kier molecular flexibility index (Phi) is 3.43. The largest absolute Gasteiger partial charge is 0.312 e. The van der Waals surface area contributed by atoms with Crippen LogP contribution in [0.25, 0.3) is 0 Å². The molecule has 0 saturated carbocycles. The first-order valence-electron chi connectivity index (χ1n) is 5.20. The van der Waals surface area contributed by atoms with Crippen LogP contribution in [0.1, 0.15) is 27.2 Å². The predicted octanol–water partition coefficient (Wildman–Crippen LogP) is 1.83. The van der Waals surface area contributed by atoms with Crippen LogP contribution in [0, 0.1) is 11.3 Å². The van der Waals surface area contributed by atoms with E-state index in [2.05, 4.69) is 32.7 Å². The highest BCUT2D eigenvalue weighted by Crippen LogP contribution is 2.16. The molecule has 1 saturated heterocycles. The Bertz CT molecular complexity index is 237. The Morgan fingerprint density at radius 2 is 2.14 bits per heavy atom. The smallest absolute Gasteiger partial charge is 0.0523 e. The highest BCUT2D eigenvalue weighted by Gasteiger charge is 2.23. The van der Waals surface area contributed by atoms with Crippen molar-refractivity contribution in [2.75, 3.05) is 20.1 Å². The number of rotatable bonds is 1. The molecule has 0 bridgehead atoms. The van der Waals surface area contributed by atoms with Crippen LogP contribution in [0.3, 0.4) is 0 Å². The van der Waals surface area contributed by atoms with Gasteiger partial charge in [0.15, 0.2) is 0 Å². The zero-order valence-electron chi connectivity index (χ0n) is 9.67. The van der Waals surface area contributed by atoms with Gasteiger partial charge in [-0.3, -0.25) is 4.99 Å². The van der Waals surface area contributed by atoms with Crippen LogP contribution in [0.2, 0.25) is 0 Å². The third kappa shape index (κ3) is 3.22. The fraction of sp³-hybridized carbons (Fsp3) is 0.818. The summed E-state index contributed by atoms with van der Waals surface area (Å²) in [7, 11) is 2.10. The molecule has 1 aliphatic rings. The van der Waals surface area contributed by atoms with Crippen LogP contribution in [0.15, 0.2) is 4.99 Å². The van der Waals surface area contributed by atoms with Gasteiger partial charge in [0.1, 0.15) is 0 Å². The molecule has 0 aliphatic carbocycles. The lowest BCUT2D eigenvalue weighted by Crippen LogP contribution is -2.40. The van der Waals surface area contributed by atoms with Gasteiger partial charge in [0.25, 0.3) is 0 Å². The zero-order chi connectivity index (χ0) is 10.8. The van der Waals surface area contributed by atoms with Gasteiger partial charge in [-0.25, -0.2) is 0 Å². The predicted molar refractivity (Wildman–Crippen MR) is 61.6 cm³/mol. The van der Waals surface area contributed by atoms with Gasteiger partial charge < -0.3 is 10.3 Å². The van der Waals surface area contributed by atoms with E-state index in [1.54, 1.807) is 0 Å². The summed E-state index contributed by atoms with van der Waals surface area (Å²) >= 11 is 0. The molecule has 1 N–H and O–H groups in total. The Balaban J connectivity index is 2.77. The van der Waals surface area contributed by atoms with Crippen molar-refractivity contribution in [2.45, 2.75) is 32.7 Å². The summed E-state index contributed by atoms with van der Waals surface area (Å²) in [6.07, 6.45) is 2.54. The molecule has 0 radical (unpaired) electrons. The first-order chi connectivity index (χ1) is 6.42. The maximum Gasteiger partial charge on any atom is 0.0523 e. The van der Waals surface area contributed by atoms with Crippen molar-refractivity contribution in [1.29, 1.82) is 5.41 Å². The van der Waals surface area contributed by atoms with Crippen LogP contribution in [-0.2, 0) is 0 Å². The van der Waals surface area contributed by atoms with E-state index in [-0.39, 0.29) is 11.5 Å². The van der Waals surface area contributed by atoms with E-state index in [0.717, 1.165) is 19.5 Å². The molecule has 0 spiro atoms. The topological polar surface area (TPSA) is 39.5 Å². The fourth-order valence-electron chi connectivity index (χ4n) is 1.74. The SMILES string of the molecule is CN1CCC(=NC(C)(C)C)C(C=N)C1. The quantitative estimate of drug-likeness (QED) is 0.637. The Morgan fingerprint density at radius 1 is 1.50 bits per heavy atom. The lowest BCUT2D eigenvalue weighted by Gasteiger charge is -2.30. The second kappa shape index (κ2) is 4.22. The van der Waals surface area contributed by atoms with Crippen LogP contribution in [0.4, 0.5) is 0 Å². The molecule has 1 rings (SSSR count). The van der Waals surface area contributed by atoms with E-state index in [9.17, 15) is 0 Å². The van der Waals surface area contributed by atoms with Gasteiger partial charge in [-0.1, -0.05) is 0 Å². The maximum atomic E-state index is 7.39. The van der Waals surface area contributed by atoms with E-state index in [1.165, 1.54) is 11.9 Å². The number of likely N-dealkylation sites (tertiary alicyclic amines) is 1. The molecule has 0 aromatic heterocycles. The van der Waals surface area contributed by atoms with Crippen molar-refractivity contribution in [3.63, 3.8) is 0 Å². The van der Waals surface area contributed by atoms with Crippen LogP contribution in [-0.4, -0.2) is 42.5 Å². The van der Waals surface area contributed by atoms with Crippen molar-refractivity contribution in [1.82, 2.24) is 4.90 Å². The molecule has 3 heteroatoms. The molecule has 0 aromatic rings. The molecule has 1 atom stereocenters. The number of hydrogen-bond acceptors (Lipinski definition) is 3. The monoisotopic (exact) mass is 195 g/mol. The molecule has 1 unspecified atom stereocenters. The maximum absolute atomic E-state index is 7.39. The second-order valence-electron chi connectivity index (χ2n) is 5.06. The van der Waals surface area contributed by atoms with Gasteiger partial charge in [-0.15, -0.1) is 0 Å². The average molecular weight is 195 g/mol. The minimum absolute atomic E-state index is 0.00744. The van der Waals surface area contributed by atoms with Gasteiger partial charge in [-0.05, 0) is 34.2 Å². The molecule has 0 aromatic carbocycles. The molecule has 3 nitrogen and oxygen atoms in total. The highest BCUT2D eigenvalue weighted by atomic mass is 15.1. The summed E-state index contributed by atoms with van der Waals surface area (Å²) in [5.74, 6) is 0.230. The normalized spacial score (nSPS) is 28.0. The lowest BCUT2D eigenvalue weighted by atomic mass is 9.95. The molecule has 1 heterocycles. The van der Waals surface area contributed by atoms with Crippen LogP contribution in [0.5, 0.6) is 0 Å². The van der Waals surface area contributed by atoms with Crippen molar-refractivity contribution < 1.29 is 0 Å². The molecule has 1 aliphatic heterocycles. The number of nitrogens with one attached hydrogen (secondary N) is 1. The molecular weight excluding hydrogens is 174 g/mol. The summed E-state index contributed by atoms with van der Waals surface area (Å²) in [4.78, 5) is 6.96. The summed E-state index contributed by atoms with van der Waals surface area (Å²) in [5.41, 5.74) is 1.19. The van der Waals surface area contributed by atoms with E-state index in [4.69, 9.17) is 10.4 Å². The third-order valence-corrected chi connectivity index (χ3v) is 2.37. The van der Waals surface area contributed by atoms with E-state index >= 15 is 0 Å². The molecular formula is C11H21N3. The van der Waals surface area contributed by atoms with E-state index in [0.29, 0.717) is 0 Å². The lowest BCUT2D eigenvalue weighted by molar-refractivity contribution is 0.316. The zero-order valence-corrected chi connectivity index (χ0v) is 9.67. The number of nitrogens with zero attached hydrogens (tertiary/aromatic N) is 2. The Morgan fingerprint density at radius 3 is 2.64 bits per heavy atom. The van der Waals surface area contributed by atoms with Crippen molar-refractivity contribution in [3.8, 4) is 0 Å². The van der Waals surface area contributed by atoms with Crippen LogP contribution < -0.4 is 0 Å². The van der Waals surface area contributed by atoms with Gasteiger partial charge in [0.2, 0.25) is 0 Å². The summed E-state index contributed by atoms with van der Waals surface area (Å²) in [6.45, 7) is 8.34. The first kappa shape index (κ1) is 11.4. The molecule has 0 amide bonds. The fourth-order valence-corrected chi connectivity index (χ4v) is 1.74. The highest BCUT2D eigenvalue weighted by molar-refractivity contribution is 5.99. The first-order valence-corrected chi connectivity index (χ1v) is 5.20. The number of aliphatic imine (C=N–C) groups is 1. The summed E-state index contributed by atoms with van der Waals surface area (Å²) in [6, 6.07) is 0. The molecule has 1 fully saturated rings. The standard InChI is InChI=1S/C11H21N3/c1-11(2,3)13-10-5-6-14(4)8-9(10)7-12/h7,9,12H,5-6,8H2,1-4H3. The van der Waals surface area contributed by atoms with Crippen molar-refractivity contribution >= 4 is 11.9 Å². The average Bonchev–Trinajstić information content (AvgIpc) is 2.06. The van der Waals surface area contributed by atoms with Crippen LogP contribution >= 0.6 is 0 Å². The molecule has 14 heavy (non-hydrogen) atoms. The van der Waals surface area contributed by atoms with Gasteiger partial charge in [0, 0.05) is 30.9 Å². The van der Waals surface area contributed by atoms with Gasteiger partial charge >= 0.3 is 0 Å². The Labute approximate surface area is 86.7 Å². The molecule has 80 valence electrons. The second-order valence-corrected chi connectivity index (χ2v) is 5.06. The van der Waals surface area contributed by atoms with Gasteiger partial charge in [0.05, 0.1) is 5.54 Å². The van der Waals surface area contributed by atoms with E-state index < -0.39 is 0 Å². The summed E-state index contributed by atoms with van der Waals surface area (Å²) in [5, 5.41) is 7.39.